The summed E-state index contributed by atoms with van der Waals surface area (Å²) in [5.74, 6) is 0.355. The summed E-state index contributed by atoms with van der Waals surface area (Å²) < 4.78 is 24.5. The van der Waals surface area contributed by atoms with Crippen LogP contribution in [0.25, 0.3) is 0 Å². The summed E-state index contributed by atoms with van der Waals surface area (Å²) >= 11 is 0. The van der Waals surface area contributed by atoms with Gasteiger partial charge in [0.15, 0.2) is 5.79 Å². The second-order valence-electron chi connectivity index (χ2n) is 13.2. The predicted octanol–water partition coefficient (Wildman–Crippen LogP) is 8.53. The van der Waals surface area contributed by atoms with Crippen molar-refractivity contribution in [3.63, 3.8) is 0 Å². The van der Waals surface area contributed by atoms with E-state index in [2.05, 4.69) is 58.7 Å². The molecular weight excluding hydrogens is 502 g/mol. The van der Waals surface area contributed by atoms with Crippen LogP contribution in [0.5, 0.6) is 5.75 Å². The SMILES string of the molecule is CCCCCCCCCCC1COC2(CC(C)(C)N(OC(C)c3ccc(OCC4CO4)cc3)C(CC)(CC)C2)O1. The van der Waals surface area contributed by atoms with E-state index in [4.69, 9.17) is 23.8 Å². The van der Waals surface area contributed by atoms with Crippen LogP contribution in [-0.4, -0.2) is 54.0 Å². The molecule has 4 rings (SSSR count). The van der Waals surface area contributed by atoms with Crippen molar-refractivity contribution in [3.8, 4) is 5.75 Å². The molecule has 0 aliphatic carbocycles. The van der Waals surface area contributed by atoms with Crippen molar-refractivity contribution in [2.24, 2.45) is 0 Å². The molecule has 3 heterocycles. The number of hydroxylamine groups is 2. The molecule has 4 atom stereocenters. The molecule has 0 bridgehead atoms. The van der Waals surface area contributed by atoms with Gasteiger partial charge in [0.05, 0.1) is 24.9 Å². The van der Waals surface area contributed by atoms with Crippen molar-refractivity contribution >= 4 is 0 Å². The number of ether oxygens (including phenoxy) is 4. The molecular formula is C34H57NO5. The van der Waals surface area contributed by atoms with Gasteiger partial charge in [-0.25, -0.2) is 0 Å². The van der Waals surface area contributed by atoms with E-state index in [9.17, 15) is 0 Å². The summed E-state index contributed by atoms with van der Waals surface area (Å²) in [6.07, 6.45) is 15.8. The van der Waals surface area contributed by atoms with Crippen LogP contribution in [-0.2, 0) is 19.0 Å². The Bertz CT molecular complexity index is 881. The summed E-state index contributed by atoms with van der Waals surface area (Å²) in [4.78, 5) is 6.86. The van der Waals surface area contributed by atoms with Crippen molar-refractivity contribution in [3.05, 3.63) is 29.8 Å². The first-order valence-electron chi connectivity index (χ1n) is 16.4. The van der Waals surface area contributed by atoms with E-state index >= 15 is 0 Å². The Hall–Kier alpha value is -1.18. The average molecular weight is 560 g/mol. The van der Waals surface area contributed by atoms with E-state index in [-0.39, 0.29) is 29.4 Å². The molecule has 6 nitrogen and oxygen atoms in total. The highest BCUT2D eigenvalue weighted by Crippen LogP contribution is 2.52. The third-order valence-electron chi connectivity index (χ3n) is 9.34. The first-order valence-corrected chi connectivity index (χ1v) is 16.4. The van der Waals surface area contributed by atoms with E-state index in [0.717, 1.165) is 50.0 Å². The van der Waals surface area contributed by atoms with Crippen LogP contribution in [0, 0.1) is 0 Å². The molecule has 1 spiro atoms. The number of benzene rings is 1. The van der Waals surface area contributed by atoms with Crippen molar-refractivity contribution in [2.75, 3.05) is 19.8 Å². The van der Waals surface area contributed by atoms with Crippen LogP contribution in [0.1, 0.15) is 137 Å². The lowest BCUT2D eigenvalue weighted by molar-refractivity contribution is -0.359. The zero-order chi connectivity index (χ0) is 28.6. The summed E-state index contributed by atoms with van der Waals surface area (Å²) in [6.45, 7) is 15.7. The predicted molar refractivity (Wildman–Crippen MR) is 160 cm³/mol. The molecule has 0 aromatic heterocycles. The number of hydrogen-bond acceptors (Lipinski definition) is 6. The third kappa shape index (κ3) is 8.22. The minimum absolute atomic E-state index is 0.0771. The van der Waals surface area contributed by atoms with Gasteiger partial charge in [-0.05, 0) is 57.7 Å². The van der Waals surface area contributed by atoms with E-state index in [1.54, 1.807) is 0 Å². The third-order valence-corrected chi connectivity index (χ3v) is 9.34. The summed E-state index contributed by atoms with van der Waals surface area (Å²) in [5, 5.41) is 2.31. The number of nitrogens with zero attached hydrogens (tertiary/aromatic N) is 1. The summed E-state index contributed by atoms with van der Waals surface area (Å²) in [6, 6.07) is 8.30. The molecule has 0 saturated carbocycles. The van der Waals surface area contributed by atoms with Crippen LogP contribution < -0.4 is 4.74 Å². The fraction of sp³-hybridized carbons (Fsp3) is 0.824. The fourth-order valence-electron chi connectivity index (χ4n) is 6.91. The zero-order valence-electron chi connectivity index (χ0n) is 26.3. The molecule has 1 aromatic carbocycles. The maximum Gasteiger partial charge on any atom is 0.172 e. The van der Waals surface area contributed by atoms with Gasteiger partial charge >= 0.3 is 0 Å². The summed E-state index contributed by atoms with van der Waals surface area (Å²) in [7, 11) is 0. The molecule has 3 aliphatic rings. The Morgan fingerprint density at radius 3 is 2.15 bits per heavy atom. The van der Waals surface area contributed by atoms with E-state index in [1.807, 2.05) is 12.1 Å². The number of hydrogen-bond donors (Lipinski definition) is 0. The maximum absolute atomic E-state index is 6.86. The lowest BCUT2D eigenvalue weighted by Gasteiger charge is -2.59. The van der Waals surface area contributed by atoms with Gasteiger partial charge in [0.1, 0.15) is 24.6 Å². The van der Waals surface area contributed by atoms with Gasteiger partial charge in [0, 0.05) is 18.4 Å². The lowest BCUT2D eigenvalue weighted by atomic mass is 9.73. The molecule has 40 heavy (non-hydrogen) atoms. The second-order valence-corrected chi connectivity index (χ2v) is 13.2. The standard InChI is InChI=1S/C34H57NO5/c1-7-10-11-12-13-14-15-16-17-30-24-38-34(39-30)25-32(5,6)35(33(8-2,9-3)26-34)40-27(4)28-18-20-29(21-19-28)36-22-31-23-37-31/h18-21,27,30-31H,7-17,22-26H2,1-6H3. The Kier molecular flexibility index (Phi) is 11.4. The Labute approximate surface area is 244 Å². The van der Waals surface area contributed by atoms with Gasteiger partial charge in [0.25, 0.3) is 0 Å². The Morgan fingerprint density at radius 2 is 1.52 bits per heavy atom. The zero-order valence-corrected chi connectivity index (χ0v) is 26.3. The normalized spacial score (nSPS) is 28.1. The fourth-order valence-corrected chi connectivity index (χ4v) is 6.91. The quantitative estimate of drug-likeness (QED) is 0.141. The minimum Gasteiger partial charge on any atom is -0.491 e. The first kappa shape index (κ1) is 31.7. The van der Waals surface area contributed by atoms with Crippen LogP contribution >= 0.6 is 0 Å². The van der Waals surface area contributed by atoms with Gasteiger partial charge in [0.2, 0.25) is 0 Å². The number of piperidine rings is 1. The summed E-state index contributed by atoms with van der Waals surface area (Å²) in [5.41, 5.74) is 0.752. The van der Waals surface area contributed by atoms with E-state index in [0.29, 0.717) is 13.2 Å². The topological polar surface area (TPSA) is 52.7 Å². The molecule has 1 aromatic rings. The number of unbranched alkanes of at least 4 members (excludes halogenated alkanes) is 7. The highest BCUT2D eigenvalue weighted by molar-refractivity contribution is 5.28. The van der Waals surface area contributed by atoms with Crippen LogP contribution in [0.15, 0.2) is 24.3 Å². The van der Waals surface area contributed by atoms with Gasteiger partial charge < -0.3 is 18.9 Å². The molecule has 0 amide bonds. The maximum atomic E-state index is 6.86. The van der Waals surface area contributed by atoms with Gasteiger partial charge in [-0.15, -0.1) is 0 Å². The van der Waals surface area contributed by atoms with Crippen molar-refractivity contribution in [2.45, 2.75) is 160 Å². The number of epoxide rings is 1. The monoisotopic (exact) mass is 559 g/mol. The molecule has 3 fully saturated rings. The van der Waals surface area contributed by atoms with Crippen LogP contribution in [0.3, 0.4) is 0 Å². The van der Waals surface area contributed by atoms with Crippen molar-refractivity contribution in [1.29, 1.82) is 0 Å². The van der Waals surface area contributed by atoms with E-state index < -0.39 is 5.79 Å². The molecule has 3 aliphatic heterocycles. The largest absolute Gasteiger partial charge is 0.491 e. The van der Waals surface area contributed by atoms with Crippen molar-refractivity contribution in [1.82, 2.24) is 5.06 Å². The van der Waals surface area contributed by atoms with Crippen molar-refractivity contribution < 1.29 is 23.8 Å². The first-order chi connectivity index (χ1) is 19.2. The van der Waals surface area contributed by atoms with Gasteiger partial charge in [-0.1, -0.05) is 84.3 Å². The smallest absolute Gasteiger partial charge is 0.172 e. The Balaban J connectivity index is 1.32. The molecule has 0 radical (unpaired) electrons. The molecule has 6 heteroatoms. The average Bonchev–Trinajstić information content (AvgIpc) is 3.70. The Morgan fingerprint density at radius 1 is 0.875 bits per heavy atom. The molecule has 0 N–H and O–H groups in total. The lowest BCUT2D eigenvalue weighted by Crippen LogP contribution is -2.67. The van der Waals surface area contributed by atoms with E-state index in [1.165, 1.54) is 51.4 Å². The molecule has 228 valence electrons. The van der Waals surface area contributed by atoms with Gasteiger partial charge in [-0.3, -0.25) is 4.84 Å². The minimum atomic E-state index is -0.520. The highest BCUT2D eigenvalue weighted by atomic mass is 16.7. The second kappa shape index (κ2) is 14.3. The molecule has 3 saturated heterocycles. The van der Waals surface area contributed by atoms with Crippen LogP contribution in [0.2, 0.25) is 0 Å². The highest BCUT2D eigenvalue weighted by Gasteiger charge is 2.59. The van der Waals surface area contributed by atoms with Gasteiger partial charge in [-0.2, -0.15) is 5.06 Å². The van der Waals surface area contributed by atoms with Crippen LogP contribution in [0.4, 0.5) is 0 Å². The number of rotatable bonds is 17. The molecule has 4 unspecified atom stereocenters.